The van der Waals surface area contributed by atoms with Gasteiger partial charge in [0.25, 0.3) is 5.91 Å². The first-order valence-electron chi connectivity index (χ1n) is 5.34. The lowest BCUT2D eigenvalue weighted by atomic mass is 10.1. The van der Waals surface area contributed by atoms with E-state index in [2.05, 4.69) is 27.2 Å². The fourth-order valence-corrected chi connectivity index (χ4v) is 1.63. The quantitative estimate of drug-likeness (QED) is 0.839. The maximum absolute atomic E-state index is 11.8. The van der Waals surface area contributed by atoms with E-state index >= 15 is 0 Å². The molecule has 0 radical (unpaired) electrons. The SMILES string of the molecule is C#CC(CCC)NC(=O)c1ccc(Br)c(O)c1. The van der Waals surface area contributed by atoms with Crippen molar-refractivity contribution >= 4 is 21.8 Å². The molecule has 0 saturated carbocycles. The van der Waals surface area contributed by atoms with E-state index in [1.165, 1.54) is 6.07 Å². The number of phenolic OH excluding ortho intramolecular Hbond substituents is 1. The van der Waals surface area contributed by atoms with Gasteiger partial charge in [0, 0.05) is 5.56 Å². The molecule has 1 rings (SSSR count). The summed E-state index contributed by atoms with van der Waals surface area (Å²) >= 11 is 3.15. The van der Waals surface area contributed by atoms with Gasteiger partial charge in [-0.1, -0.05) is 19.3 Å². The number of hydrogen-bond donors (Lipinski definition) is 2. The van der Waals surface area contributed by atoms with Crippen molar-refractivity contribution in [3.63, 3.8) is 0 Å². The van der Waals surface area contributed by atoms with E-state index in [-0.39, 0.29) is 17.7 Å². The number of carbonyl (C=O) groups excluding carboxylic acids is 1. The molecule has 3 nitrogen and oxygen atoms in total. The summed E-state index contributed by atoms with van der Waals surface area (Å²) in [5, 5.41) is 12.2. The average Bonchev–Trinajstić information content (AvgIpc) is 2.31. The monoisotopic (exact) mass is 295 g/mol. The highest BCUT2D eigenvalue weighted by Crippen LogP contribution is 2.24. The molecule has 2 N–H and O–H groups in total. The molecule has 0 spiro atoms. The Morgan fingerprint density at radius 3 is 2.88 bits per heavy atom. The Kier molecular flexibility index (Phi) is 5.05. The molecule has 0 aromatic heterocycles. The Balaban J connectivity index is 2.76. The van der Waals surface area contributed by atoms with Crippen LogP contribution >= 0.6 is 15.9 Å². The minimum absolute atomic E-state index is 0.0328. The first kappa shape index (κ1) is 13.6. The highest BCUT2D eigenvalue weighted by molar-refractivity contribution is 9.10. The minimum Gasteiger partial charge on any atom is -0.507 e. The van der Waals surface area contributed by atoms with Crippen molar-refractivity contribution in [1.29, 1.82) is 0 Å². The van der Waals surface area contributed by atoms with Crippen LogP contribution in [-0.2, 0) is 0 Å². The Labute approximate surface area is 109 Å². The van der Waals surface area contributed by atoms with Crippen LogP contribution < -0.4 is 5.32 Å². The maximum atomic E-state index is 11.8. The summed E-state index contributed by atoms with van der Waals surface area (Å²) in [6.07, 6.45) is 6.96. The van der Waals surface area contributed by atoms with Crippen LogP contribution in [0.4, 0.5) is 0 Å². The van der Waals surface area contributed by atoms with Gasteiger partial charge in [-0.3, -0.25) is 4.79 Å². The summed E-state index contributed by atoms with van der Waals surface area (Å²) in [6, 6.07) is 4.38. The molecule has 17 heavy (non-hydrogen) atoms. The number of aromatic hydroxyl groups is 1. The third kappa shape index (κ3) is 3.79. The smallest absolute Gasteiger partial charge is 0.252 e. The van der Waals surface area contributed by atoms with Crippen LogP contribution in [0.3, 0.4) is 0 Å². The van der Waals surface area contributed by atoms with Gasteiger partial charge in [-0.05, 0) is 40.5 Å². The number of hydrogen-bond acceptors (Lipinski definition) is 2. The van der Waals surface area contributed by atoms with Gasteiger partial charge in [0.15, 0.2) is 0 Å². The summed E-state index contributed by atoms with van der Waals surface area (Å²) in [5.74, 6) is 2.28. The molecule has 0 heterocycles. The van der Waals surface area contributed by atoms with Crippen molar-refractivity contribution in [2.45, 2.75) is 25.8 Å². The summed E-state index contributed by atoms with van der Waals surface area (Å²) in [7, 11) is 0. The summed E-state index contributed by atoms with van der Waals surface area (Å²) in [5.41, 5.74) is 0.391. The zero-order chi connectivity index (χ0) is 12.8. The van der Waals surface area contributed by atoms with Crippen molar-refractivity contribution < 1.29 is 9.90 Å². The van der Waals surface area contributed by atoms with E-state index in [9.17, 15) is 9.90 Å². The lowest BCUT2D eigenvalue weighted by Crippen LogP contribution is -2.33. The first-order valence-corrected chi connectivity index (χ1v) is 6.13. The van der Waals surface area contributed by atoms with Gasteiger partial charge in [-0.2, -0.15) is 0 Å². The van der Waals surface area contributed by atoms with Crippen LogP contribution in [0.1, 0.15) is 30.1 Å². The third-order valence-electron chi connectivity index (χ3n) is 2.29. The molecule has 4 heteroatoms. The number of nitrogens with one attached hydrogen (secondary N) is 1. The summed E-state index contributed by atoms with van der Waals surface area (Å²) in [6.45, 7) is 2.00. The van der Waals surface area contributed by atoms with Crippen molar-refractivity contribution in [2.24, 2.45) is 0 Å². The topological polar surface area (TPSA) is 49.3 Å². The second kappa shape index (κ2) is 6.31. The minimum atomic E-state index is -0.274. The Hall–Kier alpha value is -1.47. The molecule has 0 saturated heterocycles. The molecule has 1 aromatic rings. The molecule has 1 unspecified atom stereocenters. The number of phenols is 1. The molecular weight excluding hydrogens is 282 g/mol. The van der Waals surface area contributed by atoms with E-state index in [1.807, 2.05) is 6.92 Å². The standard InChI is InChI=1S/C13H14BrNO2/c1-3-5-10(4-2)15-13(17)9-6-7-11(14)12(16)8-9/h2,6-8,10,16H,3,5H2,1H3,(H,15,17). The zero-order valence-corrected chi connectivity index (χ0v) is 11.1. The molecule has 1 aromatic carbocycles. The molecule has 0 aliphatic carbocycles. The van der Waals surface area contributed by atoms with Crippen molar-refractivity contribution in [3.05, 3.63) is 28.2 Å². The number of benzene rings is 1. The van der Waals surface area contributed by atoms with Crippen LogP contribution in [0.15, 0.2) is 22.7 Å². The van der Waals surface area contributed by atoms with Gasteiger partial charge in [0.1, 0.15) is 5.75 Å². The van der Waals surface area contributed by atoms with Crippen LogP contribution in [-0.4, -0.2) is 17.1 Å². The van der Waals surface area contributed by atoms with Gasteiger partial charge in [-0.15, -0.1) is 6.42 Å². The third-order valence-corrected chi connectivity index (χ3v) is 2.96. The Morgan fingerprint density at radius 2 is 2.35 bits per heavy atom. The highest BCUT2D eigenvalue weighted by Gasteiger charge is 2.12. The van der Waals surface area contributed by atoms with E-state index < -0.39 is 0 Å². The fourth-order valence-electron chi connectivity index (χ4n) is 1.38. The van der Waals surface area contributed by atoms with Crippen LogP contribution in [0, 0.1) is 12.3 Å². The summed E-state index contributed by atoms with van der Waals surface area (Å²) in [4.78, 5) is 11.8. The van der Waals surface area contributed by atoms with Gasteiger partial charge >= 0.3 is 0 Å². The molecule has 0 aliphatic rings. The van der Waals surface area contributed by atoms with E-state index in [4.69, 9.17) is 6.42 Å². The van der Waals surface area contributed by atoms with E-state index in [1.54, 1.807) is 12.1 Å². The van der Waals surface area contributed by atoms with Crippen molar-refractivity contribution in [1.82, 2.24) is 5.32 Å². The number of carbonyl (C=O) groups is 1. The predicted molar refractivity (Wildman–Crippen MR) is 70.8 cm³/mol. The van der Waals surface area contributed by atoms with Crippen LogP contribution in [0.25, 0.3) is 0 Å². The largest absolute Gasteiger partial charge is 0.507 e. The zero-order valence-electron chi connectivity index (χ0n) is 9.53. The van der Waals surface area contributed by atoms with Crippen LogP contribution in [0.5, 0.6) is 5.75 Å². The van der Waals surface area contributed by atoms with Gasteiger partial charge in [0.05, 0.1) is 10.5 Å². The lowest BCUT2D eigenvalue weighted by molar-refractivity contribution is 0.0944. The Morgan fingerprint density at radius 1 is 1.65 bits per heavy atom. The van der Waals surface area contributed by atoms with Gasteiger partial charge in [0.2, 0.25) is 0 Å². The molecule has 1 atom stereocenters. The number of halogens is 1. The normalized spacial score (nSPS) is 11.6. The number of rotatable bonds is 4. The Bertz CT molecular complexity index is 451. The lowest BCUT2D eigenvalue weighted by Gasteiger charge is -2.12. The molecule has 0 bridgehead atoms. The fraction of sp³-hybridized carbons (Fsp3) is 0.308. The molecule has 1 amide bonds. The maximum Gasteiger partial charge on any atom is 0.252 e. The van der Waals surface area contributed by atoms with Gasteiger partial charge in [-0.25, -0.2) is 0 Å². The number of terminal acetylenes is 1. The van der Waals surface area contributed by atoms with Crippen LogP contribution in [0.2, 0.25) is 0 Å². The molecular formula is C13H14BrNO2. The predicted octanol–water partition coefficient (Wildman–Crippen LogP) is 2.69. The average molecular weight is 296 g/mol. The second-order valence-corrected chi connectivity index (χ2v) is 4.50. The van der Waals surface area contributed by atoms with Gasteiger partial charge < -0.3 is 10.4 Å². The van der Waals surface area contributed by atoms with E-state index in [0.29, 0.717) is 10.0 Å². The molecule has 0 aliphatic heterocycles. The molecule has 0 fully saturated rings. The first-order chi connectivity index (χ1) is 8.08. The summed E-state index contributed by atoms with van der Waals surface area (Å²) < 4.78 is 0.552. The van der Waals surface area contributed by atoms with Crippen molar-refractivity contribution in [3.8, 4) is 18.1 Å². The second-order valence-electron chi connectivity index (χ2n) is 3.65. The molecule has 90 valence electrons. The van der Waals surface area contributed by atoms with E-state index in [0.717, 1.165) is 12.8 Å². The highest BCUT2D eigenvalue weighted by atomic mass is 79.9. The number of amides is 1. The van der Waals surface area contributed by atoms with Crippen molar-refractivity contribution in [2.75, 3.05) is 0 Å².